The topological polar surface area (TPSA) is 44.4 Å². The zero-order valence-electron chi connectivity index (χ0n) is 9.69. The van der Waals surface area contributed by atoms with Crippen molar-refractivity contribution in [2.45, 2.75) is 19.1 Å². The van der Waals surface area contributed by atoms with Crippen LogP contribution in [0.2, 0.25) is 0 Å². The number of nitrogens with one attached hydrogen (secondary N) is 2. The molecular formula is C9H18F3N3O. The molecule has 96 valence electrons. The van der Waals surface area contributed by atoms with E-state index >= 15 is 0 Å². The molecule has 0 rings (SSSR count). The molecule has 0 fully saturated rings. The number of rotatable bonds is 6. The number of carbonyl (C=O) groups excluding carboxylic acids is 1. The Kier molecular flexibility index (Phi) is 6.35. The number of hydrogen-bond acceptors (Lipinski definition) is 3. The number of likely N-dealkylation sites (N-methyl/N-ethyl adjacent to an activating group) is 1. The van der Waals surface area contributed by atoms with E-state index in [1.807, 2.05) is 25.9 Å². The third-order valence-corrected chi connectivity index (χ3v) is 2.09. The van der Waals surface area contributed by atoms with E-state index in [-0.39, 0.29) is 12.6 Å². The van der Waals surface area contributed by atoms with E-state index < -0.39 is 18.6 Å². The van der Waals surface area contributed by atoms with Gasteiger partial charge in [-0.15, -0.1) is 0 Å². The first-order valence-corrected chi connectivity index (χ1v) is 4.93. The van der Waals surface area contributed by atoms with Crippen molar-refractivity contribution >= 4 is 5.91 Å². The average Bonchev–Trinajstić information content (AvgIpc) is 2.13. The number of amides is 1. The second kappa shape index (κ2) is 6.70. The van der Waals surface area contributed by atoms with Crippen LogP contribution in [0.4, 0.5) is 13.2 Å². The first-order valence-electron chi connectivity index (χ1n) is 4.93. The van der Waals surface area contributed by atoms with E-state index in [4.69, 9.17) is 0 Å². The first-order chi connectivity index (χ1) is 7.22. The summed E-state index contributed by atoms with van der Waals surface area (Å²) in [6.45, 7) is 1.11. The lowest BCUT2D eigenvalue weighted by atomic mass is 10.3. The van der Waals surface area contributed by atoms with Gasteiger partial charge in [0.25, 0.3) is 0 Å². The highest BCUT2D eigenvalue weighted by Gasteiger charge is 2.27. The molecule has 7 heteroatoms. The minimum atomic E-state index is -4.35. The van der Waals surface area contributed by atoms with Crippen molar-refractivity contribution < 1.29 is 18.0 Å². The van der Waals surface area contributed by atoms with E-state index in [0.717, 1.165) is 0 Å². The van der Waals surface area contributed by atoms with Crippen molar-refractivity contribution in [3.63, 3.8) is 0 Å². The summed E-state index contributed by atoms with van der Waals surface area (Å²) in [6.07, 6.45) is -4.35. The van der Waals surface area contributed by atoms with Crippen molar-refractivity contribution in [3.8, 4) is 0 Å². The standard InChI is InChI=1S/C9H18F3N3O/c1-7(15(2)3)4-13-5-8(16)14-6-9(10,11)12/h7,13H,4-6H2,1-3H3,(H,14,16). The normalized spacial score (nSPS) is 13.9. The lowest BCUT2D eigenvalue weighted by Gasteiger charge is -2.19. The van der Waals surface area contributed by atoms with Crippen LogP contribution in [0.25, 0.3) is 0 Å². The van der Waals surface area contributed by atoms with Crippen molar-refractivity contribution in [1.29, 1.82) is 0 Å². The van der Waals surface area contributed by atoms with Crippen LogP contribution < -0.4 is 10.6 Å². The third kappa shape index (κ3) is 8.49. The van der Waals surface area contributed by atoms with Gasteiger partial charge >= 0.3 is 6.18 Å². The highest BCUT2D eigenvalue weighted by molar-refractivity contribution is 5.77. The molecule has 0 aromatic heterocycles. The predicted molar refractivity (Wildman–Crippen MR) is 55.1 cm³/mol. The second-order valence-electron chi connectivity index (χ2n) is 3.84. The lowest BCUT2D eigenvalue weighted by Crippen LogP contribution is -2.42. The molecular weight excluding hydrogens is 223 g/mol. The van der Waals surface area contributed by atoms with Crippen LogP contribution >= 0.6 is 0 Å². The fourth-order valence-corrected chi connectivity index (χ4v) is 0.838. The highest BCUT2D eigenvalue weighted by Crippen LogP contribution is 2.11. The van der Waals surface area contributed by atoms with Crippen molar-refractivity contribution in [2.24, 2.45) is 0 Å². The van der Waals surface area contributed by atoms with Crippen LogP contribution in [0.5, 0.6) is 0 Å². The molecule has 4 nitrogen and oxygen atoms in total. The Labute approximate surface area is 93.2 Å². The summed E-state index contributed by atoms with van der Waals surface area (Å²) in [5, 5.41) is 4.57. The highest BCUT2D eigenvalue weighted by atomic mass is 19.4. The van der Waals surface area contributed by atoms with Gasteiger partial charge in [-0.25, -0.2) is 0 Å². The van der Waals surface area contributed by atoms with Crippen LogP contribution in [-0.4, -0.2) is 56.8 Å². The van der Waals surface area contributed by atoms with Gasteiger partial charge in [0.1, 0.15) is 6.54 Å². The smallest absolute Gasteiger partial charge is 0.346 e. The zero-order valence-corrected chi connectivity index (χ0v) is 9.69. The van der Waals surface area contributed by atoms with E-state index in [2.05, 4.69) is 5.32 Å². The van der Waals surface area contributed by atoms with E-state index in [1.54, 1.807) is 5.32 Å². The molecule has 0 bridgehead atoms. The van der Waals surface area contributed by atoms with E-state index in [1.165, 1.54) is 0 Å². The maximum atomic E-state index is 11.7. The van der Waals surface area contributed by atoms with Gasteiger partial charge in [-0.05, 0) is 21.0 Å². The Morgan fingerprint density at radius 2 is 1.94 bits per heavy atom. The molecule has 1 amide bonds. The summed E-state index contributed by atoms with van der Waals surface area (Å²) >= 11 is 0. The third-order valence-electron chi connectivity index (χ3n) is 2.09. The maximum Gasteiger partial charge on any atom is 0.405 e. The fourth-order valence-electron chi connectivity index (χ4n) is 0.838. The van der Waals surface area contributed by atoms with Gasteiger partial charge < -0.3 is 15.5 Å². The molecule has 0 aromatic rings. The number of hydrogen-bond donors (Lipinski definition) is 2. The van der Waals surface area contributed by atoms with Crippen molar-refractivity contribution in [2.75, 3.05) is 33.7 Å². The van der Waals surface area contributed by atoms with E-state index in [0.29, 0.717) is 6.54 Å². The van der Waals surface area contributed by atoms with Crippen LogP contribution in [0.15, 0.2) is 0 Å². The Morgan fingerprint density at radius 1 is 1.38 bits per heavy atom. The predicted octanol–water partition coefficient (Wildman–Crippen LogP) is 0.205. The number of nitrogens with zero attached hydrogens (tertiary/aromatic N) is 1. The Morgan fingerprint density at radius 3 is 2.38 bits per heavy atom. The molecule has 0 aliphatic heterocycles. The summed E-state index contributed by atoms with van der Waals surface area (Å²) < 4.78 is 35.2. The molecule has 2 N–H and O–H groups in total. The van der Waals surface area contributed by atoms with Crippen LogP contribution in [-0.2, 0) is 4.79 Å². The summed E-state index contributed by atoms with van der Waals surface area (Å²) in [5.41, 5.74) is 0. The van der Waals surface area contributed by atoms with Gasteiger partial charge in [0.15, 0.2) is 0 Å². The maximum absolute atomic E-state index is 11.7. The SMILES string of the molecule is CC(CNCC(=O)NCC(F)(F)F)N(C)C. The largest absolute Gasteiger partial charge is 0.405 e. The first kappa shape index (κ1) is 15.2. The molecule has 0 saturated heterocycles. The second-order valence-corrected chi connectivity index (χ2v) is 3.84. The molecule has 0 spiro atoms. The van der Waals surface area contributed by atoms with Gasteiger partial charge in [-0.2, -0.15) is 13.2 Å². The monoisotopic (exact) mass is 241 g/mol. The minimum Gasteiger partial charge on any atom is -0.346 e. The van der Waals surface area contributed by atoms with Gasteiger partial charge in [0.05, 0.1) is 6.54 Å². The Bertz CT molecular complexity index is 219. The zero-order chi connectivity index (χ0) is 12.8. The molecule has 16 heavy (non-hydrogen) atoms. The Balaban J connectivity index is 3.59. The van der Waals surface area contributed by atoms with Gasteiger partial charge in [0.2, 0.25) is 5.91 Å². The van der Waals surface area contributed by atoms with Gasteiger partial charge in [-0.3, -0.25) is 4.79 Å². The summed E-state index contributed by atoms with van der Waals surface area (Å²) in [7, 11) is 3.77. The van der Waals surface area contributed by atoms with Crippen LogP contribution in [0.3, 0.4) is 0 Å². The van der Waals surface area contributed by atoms with Crippen LogP contribution in [0.1, 0.15) is 6.92 Å². The number of alkyl halides is 3. The lowest BCUT2D eigenvalue weighted by molar-refractivity contribution is -0.137. The Hall–Kier alpha value is -0.820. The summed E-state index contributed by atoms with van der Waals surface area (Å²) in [5.74, 6) is -0.650. The average molecular weight is 241 g/mol. The molecule has 0 saturated carbocycles. The van der Waals surface area contributed by atoms with Gasteiger partial charge in [0, 0.05) is 12.6 Å². The van der Waals surface area contributed by atoms with Crippen molar-refractivity contribution in [3.05, 3.63) is 0 Å². The molecule has 0 aliphatic carbocycles. The number of halogens is 3. The molecule has 0 aromatic carbocycles. The summed E-state index contributed by atoms with van der Waals surface area (Å²) in [6, 6.07) is 0.218. The molecule has 0 radical (unpaired) electrons. The number of carbonyl (C=O) groups is 1. The molecule has 1 unspecified atom stereocenters. The van der Waals surface area contributed by atoms with Crippen molar-refractivity contribution in [1.82, 2.24) is 15.5 Å². The molecule has 0 aliphatic rings. The summed E-state index contributed by atoms with van der Waals surface area (Å²) in [4.78, 5) is 12.9. The fraction of sp³-hybridized carbons (Fsp3) is 0.889. The van der Waals surface area contributed by atoms with Gasteiger partial charge in [-0.1, -0.05) is 0 Å². The molecule has 0 heterocycles. The quantitative estimate of drug-likeness (QED) is 0.698. The molecule has 1 atom stereocenters. The minimum absolute atomic E-state index is 0.103. The van der Waals surface area contributed by atoms with E-state index in [9.17, 15) is 18.0 Å². The van der Waals surface area contributed by atoms with Crippen LogP contribution in [0, 0.1) is 0 Å².